The van der Waals surface area contributed by atoms with Gasteiger partial charge >= 0.3 is 53.8 Å². The second kappa shape index (κ2) is 30.7. The zero-order chi connectivity index (χ0) is 62.1. The van der Waals surface area contributed by atoms with E-state index in [-0.39, 0.29) is 18.9 Å². The summed E-state index contributed by atoms with van der Waals surface area (Å²) in [6, 6.07) is 20.0. The van der Waals surface area contributed by atoms with Crippen LogP contribution in [0.2, 0.25) is 0 Å². The van der Waals surface area contributed by atoms with E-state index in [1.54, 1.807) is 30.3 Å². The lowest BCUT2D eigenvalue weighted by molar-refractivity contribution is -0.343. The summed E-state index contributed by atoms with van der Waals surface area (Å²) in [5.74, 6) is -9.34. The van der Waals surface area contributed by atoms with E-state index >= 15 is 0 Å². The van der Waals surface area contributed by atoms with E-state index in [2.05, 4.69) is 16.0 Å². The van der Waals surface area contributed by atoms with Gasteiger partial charge in [0.1, 0.15) is 62.4 Å². The van der Waals surface area contributed by atoms with Gasteiger partial charge in [-0.2, -0.15) is 0 Å². The van der Waals surface area contributed by atoms with Gasteiger partial charge in [-0.3, -0.25) is 43.2 Å². The number of rotatable bonds is 24. The highest BCUT2D eigenvalue weighted by molar-refractivity contribution is 5.93. The number of ether oxygens (including phenoxy) is 12. The number of fused-ring (bicyclic) bond motifs is 3. The van der Waals surface area contributed by atoms with Crippen LogP contribution < -0.4 is 16.0 Å². The molecule has 85 heavy (non-hydrogen) atoms. The number of esters is 8. The Morgan fingerprint density at radius 1 is 0.506 bits per heavy atom. The van der Waals surface area contributed by atoms with Gasteiger partial charge in [0.05, 0.1) is 7.11 Å². The molecule has 2 fully saturated rings. The van der Waals surface area contributed by atoms with Gasteiger partial charge in [-0.1, -0.05) is 91.0 Å². The van der Waals surface area contributed by atoms with Crippen molar-refractivity contribution in [1.82, 2.24) is 16.0 Å². The minimum Gasteiger partial charge on any atom is -0.467 e. The molecule has 3 N–H and O–H groups in total. The van der Waals surface area contributed by atoms with Gasteiger partial charge in [-0.05, 0) is 41.2 Å². The van der Waals surface area contributed by atoms with E-state index in [9.17, 15) is 52.7 Å². The Labute approximate surface area is 489 Å². The Bertz CT molecular complexity index is 2910. The molecule has 3 aromatic rings. The molecule has 0 radical (unpaired) electrons. The number of amides is 3. The molecule has 13 atom stereocenters. The van der Waals surface area contributed by atoms with Gasteiger partial charge in [0, 0.05) is 60.8 Å². The number of alkyl carbamates (subject to hydrolysis) is 1. The predicted molar refractivity (Wildman–Crippen MR) is 291 cm³/mol. The zero-order valence-corrected chi connectivity index (χ0v) is 48.2. The quantitative estimate of drug-likeness (QED) is 0.0659. The second-order valence-corrected chi connectivity index (χ2v) is 19.9. The first-order valence-corrected chi connectivity index (χ1v) is 27.0. The van der Waals surface area contributed by atoms with E-state index in [1.807, 2.05) is 48.5 Å². The zero-order valence-electron chi connectivity index (χ0n) is 48.2. The molecule has 2 saturated heterocycles. The van der Waals surface area contributed by atoms with Gasteiger partial charge in [0.2, 0.25) is 11.8 Å². The van der Waals surface area contributed by atoms with Crippen LogP contribution in [-0.2, 0) is 111 Å². The van der Waals surface area contributed by atoms with Crippen molar-refractivity contribution in [3.8, 4) is 11.1 Å². The maximum absolute atomic E-state index is 14.4. The molecule has 3 aliphatic rings. The van der Waals surface area contributed by atoms with E-state index < -0.39 is 165 Å². The van der Waals surface area contributed by atoms with Gasteiger partial charge in [0.15, 0.2) is 36.8 Å². The van der Waals surface area contributed by atoms with Crippen LogP contribution in [0.4, 0.5) is 4.79 Å². The number of nitrogens with one attached hydrogen (secondary N) is 3. The summed E-state index contributed by atoms with van der Waals surface area (Å²) < 4.78 is 68.4. The van der Waals surface area contributed by atoms with Crippen LogP contribution in [0.15, 0.2) is 91.0 Å². The Morgan fingerprint density at radius 2 is 0.988 bits per heavy atom. The van der Waals surface area contributed by atoms with Crippen LogP contribution in [0.3, 0.4) is 0 Å². The van der Waals surface area contributed by atoms with E-state index in [4.69, 9.17) is 56.8 Å². The Balaban J connectivity index is 1.31. The summed E-state index contributed by atoms with van der Waals surface area (Å²) >= 11 is 0. The standard InChI is InChI=1S/C59H69N3O23/c1-30(60-59(73)77-27-43-41-22-15-13-20-39(41)40-21-14-16-23-42(40)43)55(70)61-44(56(71)62-45(57(72)74-9)26-38-18-11-10-12-19-38)24-17-25-46-49(78-33(4)65)52(80-35(6)67)51(47(83-46)28-75-31(2)63)85-58-54(82-37(8)69)53(81-36(7)68)50(79-34(5)66)48(84-58)29-76-32(3)64/h10-23,25,30,43-54,58H,24,26-29H2,1-9H3,(H,60,73)(H,61,70)(H,62,71)/b25-17+/t30-,44-,45-,46+,47+,48+,49-,50-,51+,52+,53-,54+,58-/m0/s1. The highest BCUT2D eigenvalue weighted by Crippen LogP contribution is 2.44. The first kappa shape index (κ1) is 65.4. The molecular formula is C59H69N3O23. The molecule has 3 amide bonds. The lowest BCUT2D eigenvalue weighted by Crippen LogP contribution is -2.67. The summed E-state index contributed by atoms with van der Waals surface area (Å²) in [5, 5.41) is 7.75. The molecule has 0 spiro atoms. The van der Waals surface area contributed by atoms with E-state index in [1.165, 1.54) is 19.1 Å². The second-order valence-electron chi connectivity index (χ2n) is 19.9. The van der Waals surface area contributed by atoms with Gasteiger partial charge in [0.25, 0.3) is 0 Å². The summed E-state index contributed by atoms with van der Waals surface area (Å²) in [7, 11) is 1.13. The minimum absolute atomic E-state index is 0.0302. The molecule has 0 unspecified atom stereocenters. The summed E-state index contributed by atoms with van der Waals surface area (Å²) in [6.07, 6.45) is -15.6. The van der Waals surface area contributed by atoms with Crippen molar-refractivity contribution < 1.29 is 110 Å². The summed E-state index contributed by atoms with van der Waals surface area (Å²) in [4.78, 5) is 143. The molecule has 458 valence electrons. The third-order valence-electron chi connectivity index (χ3n) is 13.5. The Hall–Kier alpha value is -8.75. The van der Waals surface area contributed by atoms with Crippen LogP contribution in [-0.4, -0.2) is 172 Å². The fraction of sp³-hybridized carbons (Fsp3) is 0.475. The van der Waals surface area contributed by atoms with Crippen molar-refractivity contribution in [1.29, 1.82) is 0 Å². The number of hydrogen-bond acceptors (Lipinski definition) is 23. The van der Waals surface area contributed by atoms with Gasteiger partial charge in [-0.25, -0.2) is 9.59 Å². The monoisotopic (exact) mass is 1190 g/mol. The average molecular weight is 1190 g/mol. The van der Waals surface area contributed by atoms with Crippen LogP contribution >= 0.6 is 0 Å². The van der Waals surface area contributed by atoms with Gasteiger partial charge < -0.3 is 72.8 Å². The average Bonchev–Trinajstić information content (AvgIpc) is 2.37. The maximum atomic E-state index is 14.4. The highest BCUT2D eigenvalue weighted by Gasteiger charge is 2.57. The Morgan fingerprint density at radius 3 is 1.53 bits per heavy atom. The molecule has 26 heteroatoms. The van der Waals surface area contributed by atoms with Crippen LogP contribution in [0.25, 0.3) is 11.1 Å². The minimum atomic E-state index is -1.93. The first-order valence-electron chi connectivity index (χ1n) is 27.0. The van der Waals surface area contributed by atoms with Crippen LogP contribution in [0.5, 0.6) is 0 Å². The maximum Gasteiger partial charge on any atom is 0.407 e. The molecule has 1 aliphatic carbocycles. The molecule has 2 aliphatic heterocycles. The molecule has 0 saturated carbocycles. The van der Waals surface area contributed by atoms with Gasteiger partial charge in [-0.15, -0.1) is 0 Å². The largest absolute Gasteiger partial charge is 0.467 e. The van der Waals surface area contributed by atoms with Crippen molar-refractivity contribution in [3.05, 3.63) is 108 Å². The molecule has 0 bridgehead atoms. The van der Waals surface area contributed by atoms with Crippen molar-refractivity contribution in [2.75, 3.05) is 26.9 Å². The molecule has 0 aromatic heterocycles. The topological polar surface area (TPSA) is 335 Å². The van der Waals surface area contributed by atoms with Crippen molar-refractivity contribution >= 4 is 65.7 Å². The first-order chi connectivity index (χ1) is 40.4. The summed E-state index contributed by atoms with van der Waals surface area (Å²) in [5.41, 5.74) is 4.56. The number of carbonyl (C=O) groups is 11. The molecule has 3 aromatic carbocycles. The smallest absolute Gasteiger partial charge is 0.407 e. The molecular weight excluding hydrogens is 1120 g/mol. The van der Waals surface area contributed by atoms with E-state index in [0.717, 1.165) is 77.8 Å². The molecule has 26 nitrogen and oxygen atoms in total. The van der Waals surface area contributed by atoms with Crippen molar-refractivity contribution in [2.45, 2.75) is 154 Å². The fourth-order valence-corrected chi connectivity index (χ4v) is 9.92. The Kier molecular flexibility index (Phi) is 23.6. The third-order valence-corrected chi connectivity index (χ3v) is 13.5. The number of benzene rings is 3. The number of methoxy groups -OCH3 is 1. The lowest BCUT2D eigenvalue weighted by atomic mass is 9.92. The molecule has 2 heterocycles. The SMILES string of the molecule is COC(=O)[C@H](Cc1ccccc1)NC(=O)[C@H](C/C=C/[C@H]1O[C@H](COC(C)=O)[C@@H](O[C@@H]2O[C@H](COC(C)=O)[C@H](OC(C)=O)[C@H](OC(C)=O)[C@H]2OC(C)=O)[C@H](OC(C)=O)[C@H]1OC(C)=O)NC(=O)[C@H](C)NC(=O)OCC1c2ccccc2-c2ccccc21. The lowest BCUT2D eigenvalue weighted by Gasteiger charge is -2.48. The third kappa shape index (κ3) is 18.4. The fourth-order valence-electron chi connectivity index (χ4n) is 9.92. The predicted octanol–water partition coefficient (Wildman–Crippen LogP) is 2.91. The van der Waals surface area contributed by atoms with Crippen molar-refractivity contribution in [3.63, 3.8) is 0 Å². The van der Waals surface area contributed by atoms with Crippen molar-refractivity contribution in [2.24, 2.45) is 0 Å². The number of hydrogen-bond donors (Lipinski definition) is 3. The number of carbonyl (C=O) groups excluding carboxylic acids is 11. The van der Waals surface area contributed by atoms with Crippen LogP contribution in [0, 0.1) is 0 Å². The molecule has 6 rings (SSSR count). The highest BCUT2D eigenvalue weighted by atomic mass is 16.8. The summed E-state index contributed by atoms with van der Waals surface area (Å²) in [6.45, 7) is 7.12. The van der Waals surface area contributed by atoms with Crippen LogP contribution in [0.1, 0.15) is 84.4 Å². The normalized spacial score (nSPS) is 23.4. The van der Waals surface area contributed by atoms with E-state index in [0.29, 0.717) is 5.56 Å².